The van der Waals surface area contributed by atoms with Gasteiger partial charge in [-0.05, 0) is 64.6 Å². The van der Waals surface area contributed by atoms with Gasteiger partial charge in [-0.25, -0.2) is 4.39 Å². The topological polar surface area (TPSA) is 81.7 Å². The number of hydrogen-bond donors (Lipinski definition) is 3. The van der Waals surface area contributed by atoms with Crippen LogP contribution in [0.4, 0.5) is 15.1 Å². The first-order chi connectivity index (χ1) is 14.1. The maximum atomic E-state index is 14.5. The van der Waals surface area contributed by atoms with Gasteiger partial charge in [0, 0.05) is 23.2 Å². The lowest BCUT2D eigenvalue weighted by Crippen LogP contribution is -2.32. The fourth-order valence-electron chi connectivity index (χ4n) is 3.87. The summed E-state index contributed by atoms with van der Waals surface area (Å²) in [6.45, 7) is 5.31. The Kier molecular flexibility index (Phi) is 5.80. The minimum Gasteiger partial charge on any atom is -0.391 e. The van der Waals surface area contributed by atoms with Gasteiger partial charge in [-0.3, -0.25) is 9.59 Å². The summed E-state index contributed by atoms with van der Waals surface area (Å²) in [5.74, 6) is -0.875. The van der Waals surface area contributed by atoms with Crippen molar-refractivity contribution in [3.05, 3.63) is 43.6 Å². The van der Waals surface area contributed by atoms with Crippen molar-refractivity contribution in [3.8, 4) is 0 Å². The number of amides is 2. The zero-order valence-corrected chi connectivity index (χ0v) is 19.7. The molecule has 2 amide bonds. The van der Waals surface area contributed by atoms with Crippen LogP contribution in [0.2, 0.25) is 0 Å². The number of nitrogens with one attached hydrogen (secondary N) is 2. The molecular formula is C21H23FIN3O3S. The van der Waals surface area contributed by atoms with Crippen LogP contribution < -0.4 is 10.6 Å². The van der Waals surface area contributed by atoms with Gasteiger partial charge < -0.3 is 20.6 Å². The minimum atomic E-state index is -0.545. The van der Waals surface area contributed by atoms with Crippen molar-refractivity contribution < 1.29 is 19.1 Å². The highest BCUT2D eigenvalue weighted by molar-refractivity contribution is 14.1. The maximum absolute atomic E-state index is 14.5. The zero-order valence-electron chi connectivity index (χ0n) is 16.7. The lowest BCUT2D eigenvalue weighted by molar-refractivity contribution is 0.0765. The summed E-state index contributed by atoms with van der Waals surface area (Å²) in [7, 11) is 0. The molecule has 6 nitrogen and oxygen atoms in total. The predicted octanol–water partition coefficient (Wildman–Crippen LogP) is 3.75. The lowest BCUT2D eigenvalue weighted by atomic mass is 9.85. The van der Waals surface area contributed by atoms with Crippen LogP contribution >= 0.6 is 33.9 Å². The summed E-state index contributed by atoms with van der Waals surface area (Å²) in [6, 6.07) is 4.81. The number of halogens is 2. The Labute approximate surface area is 192 Å². The Morgan fingerprint density at radius 2 is 2.20 bits per heavy atom. The summed E-state index contributed by atoms with van der Waals surface area (Å²) in [5.41, 5.74) is 1.13. The Balaban J connectivity index is 1.82. The first-order valence-corrected chi connectivity index (χ1v) is 11.7. The Bertz CT molecular complexity index is 1020. The molecule has 160 valence electrons. The van der Waals surface area contributed by atoms with E-state index in [2.05, 4.69) is 10.6 Å². The van der Waals surface area contributed by atoms with Gasteiger partial charge in [-0.2, -0.15) is 0 Å². The third-order valence-corrected chi connectivity index (χ3v) is 7.26. The van der Waals surface area contributed by atoms with E-state index in [1.165, 1.54) is 17.4 Å². The number of anilines is 2. The van der Waals surface area contributed by atoms with Gasteiger partial charge in [0.1, 0.15) is 10.8 Å². The van der Waals surface area contributed by atoms with Crippen molar-refractivity contribution >= 4 is 56.4 Å². The molecule has 2 aliphatic rings. The van der Waals surface area contributed by atoms with Crippen LogP contribution in [0, 0.1) is 14.8 Å². The number of rotatable bonds is 3. The second-order valence-corrected chi connectivity index (χ2v) is 10.8. The fourth-order valence-corrected chi connectivity index (χ4v) is 5.46. The molecule has 0 saturated carbocycles. The molecule has 1 atom stereocenters. The van der Waals surface area contributed by atoms with Crippen molar-refractivity contribution in [2.45, 2.75) is 32.8 Å². The molecule has 0 radical (unpaired) electrons. The van der Waals surface area contributed by atoms with Crippen molar-refractivity contribution in [2.75, 3.05) is 25.0 Å². The number of thiophene rings is 1. The molecule has 0 bridgehead atoms. The van der Waals surface area contributed by atoms with E-state index in [0.717, 1.165) is 3.57 Å². The quantitative estimate of drug-likeness (QED) is 0.516. The van der Waals surface area contributed by atoms with Crippen LogP contribution in [-0.4, -0.2) is 47.6 Å². The monoisotopic (exact) mass is 543 g/mol. The molecule has 2 aromatic rings. The molecule has 2 aliphatic heterocycles. The number of benzene rings is 1. The standard InChI is InChI=1S/C21H23FIN3O3S/c1-21(2)8-13-16(20(29)26-6-5-12(27)9-26)19(30-17(13)18(28)24-10-21)25-15-4-3-11(23)7-14(15)22/h3-4,7,12,25,27H,5-6,8-10H2,1-2H3,(H,24,28). The smallest absolute Gasteiger partial charge is 0.261 e. The van der Waals surface area contributed by atoms with Gasteiger partial charge in [0.2, 0.25) is 0 Å². The minimum absolute atomic E-state index is 0.216. The summed E-state index contributed by atoms with van der Waals surface area (Å²) in [4.78, 5) is 28.3. The van der Waals surface area contributed by atoms with Crippen molar-refractivity contribution in [3.63, 3.8) is 0 Å². The van der Waals surface area contributed by atoms with E-state index in [9.17, 15) is 19.1 Å². The number of carbonyl (C=O) groups excluding carboxylic acids is 2. The molecule has 1 fully saturated rings. The van der Waals surface area contributed by atoms with E-state index in [1.54, 1.807) is 17.0 Å². The van der Waals surface area contributed by atoms with E-state index in [0.29, 0.717) is 46.9 Å². The number of nitrogens with zero attached hydrogens (tertiary/aromatic N) is 1. The number of aliphatic hydroxyl groups excluding tert-OH is 1. The normalized spacial score (nSPS) is 20.5. The first kappa shape index (κ1) is 21.5. The number of β-amino-alcohol motifs (C(OH)–C–C–N with tert-alkyl or cyclic N) is 1. The van der Waals surface area contributed by atoms with E-state index in [-0.39, 0.29) is 29.5 Å². The molecule has 1 saturated heterocycles. The van der Waals surface area contributed by atoms with Crippen LogP contribution in [0.25, 0.3) is 0 Å². The summed E-state index contributed by atoms with van der Waals surface area (Å²) in [6.07, 6.45) is 0.528. The summed E-state index contributed by atoms with van der Waals surface area (Å²) < 4.78 is 15.3. The van der Waals surface area contributed by atoms with Gasteiger partial charge in [0.15, 0.2) is 0 Å². The Morgan fingerprint density at radius 3 is 2.87 bits per heavy atom. The molecule has 1 aromatic heterocycles. The average Bonchev–Trinajstić information content (AvgIpc) is 3.22. The molecular weight excluding hydrogens is 520 g/mol. The Hall–Kier alpha value is -1.72. The van der Waals surface area contributed by atoms with E-state index >= 15 is 0 Å². The molecule has 0 aliphatic carbocycles. The van der Waals surface area contributed by atoms with E-state index in [4.69, 9.17) is 0 Å². The molecule has 3 N–H and O–H groups in total. The Morgan fingerprint density at radius 1 is 1.43 bits per heavy atom. The molecule has 0 spiro atoms. The predicted molar refractivity (Wildman–Crippen MR) is 123 cm³/mol. The second-order valence-electron chi connectivity index (χ2n) is 8.58. The van der Waals surface area contributed by atoms with Crippen LogP contribution in [-0.2, 0) is 6.42 Å². The third kappa shape index (κ3) is 4.19. The highest BCUT2D eigenvalue weighted by Gasteiger charge is 2.37. The first-order valence-electron chi connectivity index (χ1n) is 9.78. The number of carbonyl (C=O) groups is 2. The molecule has 4 rings (SSSR count). The zero-order chi connectivity index (χ0) is 21.6. The highest BCUT2D eigenvalue weighted by atomic mass is 127. The van der Waals surface area contributed by atoms with Gasteiger partial charge in [0.25, 0.3) is 11.8 Å². The summed E-state index contributed by atoms with van der Waals surface area (Å²) in [5, 5.41) is 16.4. The maximum Gasteiger partial charge on any atom is 0.261 e. The molecule has 1 unspecified atom stereocenters. The molecule has 1 aromatic carbocycles. The van der Waals surface area contributed by atoms with E-state index in [1.807, 2.05) is 36.4 Å². The fraction of sp³-hybridized carbons (Fsp3) is 0.429. The number of likely N-dealkylation sites (tertiary alicyclic amines) is 1. The van der Waals surface area contributed by atoms with Gasteiger partial charge >= 0.3 is 0 Å². The summed E-state index contributed by atoms with van der Waals surface area (Å²) >= 11 is 3.21. The van der Waals surface area contributed by atoms with Crippen molar-refractivity contribution in [1.29, 1.82) is 0 Å². The van der Waals surface area contributed by atoms with Crippen LogP contribution in [0.1, 0.15) is 45.9 Å². The van der Waals surface area contributed by atoms with Crippen LogP contribution in [0.15, 0.2) is 18.2 Å². The van der Waals surface area contributed by atoms with E-state index < -0.39 is 11.9 Å². The SMILES string of the molecule is CC1(C)CNC(=O)c2sc(Nc3ccc(I)cc3F)c(C(=O)N3CCC(O)C3)c2C1. The van der Waals surface area contributed by atoms with Crippen LogP contribution in [0.3, 0.4) is 0 Å². The van der Waals surface area contributed by atoms with Gasteiger partial charge in [0.05, 0.1) is 22.2 Å². The van der Waals surface area contributed by atoms with Crippen LogP contribution in [0.5, 0.6) is 0 Å². The third-order valence-electron chi connectivity index (χ3n) is 5.44. The molecule has 9 heteroatoms. The average molecular weight is 543 g/mol. The number of hydrogen-bond acceptors (Lipinski definition) is 5. The van der Waals surface area contributed by atoms with Gasteiger partial charge in [-0.15, -0.1) is 11.3 Å². The second kappa shape index (κ2) is 8.08. The van der Waals surface area contributed by atoms with Crippen molar-refractivity contribution in [2.24, 2.45) is 5.41 Å². The highest BCUT2D eigenvalue weighted by Crippen LogP contribution is 2.41. The van der Waals surface area contributed by atoms with Gasteiger partial charge in [-0.1, -0.05) is 13.8 Å². The lowest BCUT2D eigenvalue weighted by Gasteiger charge is -2.24. The largest absolute Gasteiger partial charge is 0.391 e. The molecule has 30 heavy (non-hydrogen) atoms. The number of aliphatic hydroxyl groups is 1. The van der Waals surface area contributed by atoms with Crippen molar-refractivity contribution in [1.82, 2.24) is 10.2 Å². The molecule has 3 heterocycles. The number of fused-ring (bicyclic) bond motifs is 1.